The van der Waals surface area contributed by atoms with E-state index in [9.17, 15) is 4.79 Å². The lowest BCUT2D eigenvalue weighted by Crippen LogP contribution is -2.50. The molecule has 4 aliphatic heterocycles. The fraction of sp³-hybridized carbons (Fsp3) is 0.581. The molecule has 2 amide bonds. The van der Waals surface area contributed by atoms with Gasteiger partial charge in [0, 0.05) is 61.1 Å². The molecule has 8 rings (SSSR count). The van der Waals surface area contributed by atoms with Gasteiger partial charge >= 0.3 is 6.03 Å². The normalized spacial score (nSPS) is 44.9. The highest BCUT2D eigenvalue weighted by Gasteiger charge is 2.68. The number of benzene rings is 2. The smallest absolute Gasteiger partial charge is 0.315 e. The molecule has 0 radical (unpaired) electrons. The van der Waals surface area contributed by atoms with Crippen LogP contribution in [0.5, 0.6) is 0 Å². The summed E-state index contributed by atoms with van der Waals surface area (Å²) in [6.07, 6.45) is -2.80. The second-order valence-corrected chi connectivity index (χ2v) is 11.9. The quantitative estimate of drug-likeness (QED) is 0.532. The molecule has 2 aromatic carbocycles. The fourth-order valence-electron chi connectivity index (χ4n) is 7.52. The maximum atomic E-state index is 13.4. The van der Waals surface area contributed by atoms with E-state index in [2.05, 4.69) is 10.6 Å². The van der Waals surface area contributed by atoms with Gasteiger partial charge in [0.25, 0.3) is 0 Å². The van der Waals surface area contributed by atoms with Crippen LogP contribution in [0.25, 0.3) is 0 Å². The molecule has 4 unspecified atom stereocenters. The average Bonchev–Trinajstić information content (AvgIpc) is 3.95. The summed E-state index contributed by atoms with van der Waals surface area (Å²) in [5.74, 6) is 0.0904. The minimum absolute atomic E-state index is 0.0112. The van der Waals surface area contributed by atoms with Crippen molar-refractivity contribution in [3.63, 3.8) is 0 Å². The van der Waals surface area contributed by atoms with E-state index in [0.717, 1.165) is 11.1 Å². The van der Waals surface area contributed by atoms with Crippen LogP contribution in [0.15, 0.2) is 60.7 Å². The first kappa shape index (κ1) is 27.0. The Kier molecular flexibility index (Phi) is 6.96. The maximum Gasteiger partial charge on any atom is 0.315 e. The third kappa shape index (κ3) is 4.63. The molecule has 11 nitrogen and oxygen atoms in total. The van der Waals surface area contributed by atoms with Crippen LogP contribution in [0.2, 0.25) is 0 Å². The van der Waals surface area contributed by atoms with E-state index in [1.165, 1.54) is 0 Å². The second-order valence-electron chi connectivity index (χ2n) is 11.9. The third-order valence-electron chi connectivity index (χ3n) is 9.59. The second kappa shape index (κ2) is 10.8. The van der Waals surface area contributed by atoms with Crippen LogP contribution in [0, 0.1) is 23.7 Å². The zero-order valence-electron chi connectivity index (χ0n) is 23.4. The van der Waals surface area contributed by atoms with Crippen molar-refractivity contribution in [1.82, 2.24) is 10.6 Å². The molecule has 2 aromatic rings. The summed E-state index contributed by atoms with van der Waals surface area (Å²) >= 11 is 0. The molecule has 0 spiro atoms. The topological polar surface area (TPSA) is 115 Å². The van der Waals surface area contributed by atoms with Gasteiger partial charge in [0.2, 0.25) is 0 Å². The molecule has 4 saturated heterocycles. The van der Waals surface area contributed by atoms with Gasteiger partial charge in [0.15, 0.2) is 25.2 Å². The van der Waals surface area contributed by atoms with E-state index in [-0.39, 0.29) is 66.2 Å². The SMILES string of the molecule is CO[C@H]1O[C@@H]2COC(c3ccccc3)O[C@H]2[C@@H]2C(NC(=O)NC3[C@@H]4[C@@H](OC)O[C@@H]5COC(c6ccccc6)O[C@H]5[C@H]34)[C@H]12. The zero-order chi connectivity index (χ0) is 28.4. The molecule has 2 saturated carbocycles. The van der Waals surface area contributed by atoms with Crippen molar-refractivity contribution in [3.05, 3.63) is 71.8 Å². The summed E-state index contributed by atoms with van der Waals surface area (Å²) in [6, 6.07) is 19.2. The van der Waals surface area contributed by atoms with Gasteiger partial charge in [0.1, 0.15) is 12.2 Å². The number of rotatable bonds is 6. The van der Waals surface area contributed by atoms with E-state index in [1.54, 1.807) is 14.2 Å². The zero-order valence-corrected chi connectivity index (χ0v) is 23.4. The van der Waals surface area contributed by atoms with Crippen LogP contribution in [0.4, 0.5) is 4.79 Å². The number of hydrogen-bond acceptors (Lipinski definition) is 9. The lowest BCUT2D eigenvalue weighted by molar-refractivity contribution is -0.316. The van der Waals surface area contributed by atoms with Crippen molar-refractivity contribution in [2.24, 2.45) is 23.7 Å². The minimum Gasteiger partial charge on any atom is -0.355 e. The van der Waals surface area contributed by atoms with E-state index in [0.29, 0.717) is 13.2 Å². The number of fused-ring (bicyclic) bond motifs is 6. The van der Waals surface area contributed by atoms with E-state index in [1.807, 2.05) is 60.7 Å². The van der Waals surface area contributed by atoms with Crippen molar-refractivity contribution >= 4 is 6.03 Å². The number of carbonyl (C=O) groups is 1. The lowest BCUT2D eigenvalue weighted by Gasteiger charge is -2.41. The van der Waals surface area contributed by atoms with Crippen LogP contribution in [-0.2, 0) is 37.9 Å². The Morgan fingerprint density at radius 1 is 0.643 bits per heavy atom. The van der Waals surface area contributed by atoms with Crippen molar-refractivity contribution in [2.45, 2.75) is 61.7 Å². The first-order chi connectivity index (χ1) is 20.6. The highest BCUT2D eigenvalue weighted by molar-refractivity contribution is 5.76. The van der Waals surface area contributed by atoms with Crippen LogP contribution in [0.3, 0.4) is 0 Å². The third-order valence-corrected chi connectivity index (χ3v) is 9.59. The van der Waals surface area contributed by atoms with Gasteiger partial charge in [-0.2, -0.15) is 0 Å². The van der Waals surface area contributed by atoms with Crippen molar-refractivity contribution in [1.29, 1.82) is 0 Å². The molecule has 2 N–H and O–H groups in total. The standard InChI is InChI=1S/C31H36N2O9/c1-35-29-21-19(25-17(39-29)13-37-27(41-25)15-9-5-3-6-10-15)23(21)32-31(34)33-24-20-22(24)30(36-2)40-18-14-38-28(42-26(18)20)16-11-7-4-8-12-16/h3-12,17-30H,13-14H2,1-2H3,(H2,32,33,34)/t17-,18-,19+,20+,21-,22-,23?,24?,25-,26-,27?,28?,29+,30+/m1/s1. The largest absolute Gasteiger partial charge is 0.355 e. The Morgan fingerprint density at radius 2 is 1.07 bits per heavy atom. The maximum absolute atomic E-state index is 13.4. The molecule has 11 heteroatoms. The van der Waals surface area contributed by atoms with E-state index >= 15 is 0 Å². The summed E-state index contributed by atoms with van der Waals surface area (Å²) in [5.41, 5.74) is 1.91. The Labute approximate surface area is 244 Å². The van der Waals surface area contributed by atoms with E-state index in [4.69, 9.17) is 37.9 Å². The predicted molar refractivity (Wildman–Crippen MR) is 145 cm³/mol. The number of carbonyl (C=O) groups excluding carboxylic acids is 1. The van der Waals surface area contributed by atoms with Gasteiger partial charge in [-0.1, -0.05) is 60.7 Å². The van der Waals surface area contributed by atoms with Crippen molar-refractivity contribution in [2.75, 3.05) is 27.4 Å². The Hall–Kier alpha value is -2.61. The van der Waals surface area contributed by atoms with Crippen LogP contribution in [0.1, 0.15) is 23.7 Å². The van der Waals surface area contributed by atoms with Crippen LogP contribution >= 0.6 is 0 Å². The number of nitrogens with one attached hydrogen (secondary N) is 2. The molecule has 2 aliphatic carbocycles. The molecular formula is C31H36N2O9. The number of amides is 2. The molecule has 224 valence electrons. The number of urea groups is 1. The molecule has 4 heterocycles. The summed E-state index contributed by atoms with van der Waals surface area (Å²) in [5, 5.41) is 6.38. The average molecular weight is 581 g/mol. The minimum atomic E-state index is -0.474. The van der Waals surface area contributed by atoms with Crippen molar-refractivity contribution in [3.8, 4) is 0 Å². The predicted octanol–water partition coefficient (Wildman–Crippen LogP) is 2.49. The molecule has 6 fully saturated rings. The summed E-state index contributed by atoms with van der Waals surface area (Å²) in [7, 11) is 3.25. The van der Waals surface area contributed by atoms with Crippen molar-refractivity contribution < 1.29 is 42.7 Å². The number of ether oxygens (including phenoxy) is 8. The highest BCUT2D eigenvalue weighted by atomic mass is 16.8. The molecular weight excluding hydrogens is 544 g/mol. The Bertz CT molecular complexity index is 1170. The lowest BCUT2D eigenvalue weighted by atomic mass is 10.0. The fourth-order valence-corrected chi connectivity index (χ4v) is 7.52. The number of hydrogen-bond donors (Lipinski definition) is 2. The van der Waals surface area contributed by atoms with E-state index < -0.39 is 25.2 Å². The molecule has 6 aliphatic rings. The summed E-state index contributed by atoms with van der Waals surface area (Å²) in [6.45, 7) is 0.790. The Morgan fingerprint density at radius 3 is 1.48 bits per heavy atom. The first-order valence-corrected chi connectivity index (χ1v) is 14.7. The molecule has 42 heavy (non-hydrogen) atoms. The summed E-state index contributed by atoms with van der Waals surface area (Å²) < 4.78 is 48.5. The van der Waals surface area contributed by atoms with Gasteiger partial charge in [-0.15, -0.1) is 0 Å². The molecule has 0 bridgehead atoms. The summed E-state index contributed by atoms with van der Waals surface area (Å²) in [4.78, 5) is 13.4. The molecule has 0 aromatic heterocycles. The Balaban J connectivity index is 0.931. The van der Waals surface area contributed by atoms with Gasteiger partial charge in [-0.3, -0.25) is 0 Å². The molecule has 14 atom stereocenters. The van der Waals surface area contributed by atoms with Crippen LogP contribution < -0.4 is 10.6 Å². The van der Waals surface area contributed by atoms with Gasteiger partial charge in [-0.25, -0.2) is 4.79 Å². The van der Waals surface area contributed by atoms with Crippen LogP contribution in [-0.4, -0.2) is 82.5 Å². The monoisotopic (exact) mass is 580 g/mol. The van der Waals surface area contributed by atoms with Gasteiger partial charge in [0.05, 0.1) is 25.4 Å². The highest BCUT2D eigenvalue weighted by Crippen LogP contribution is 2.55. The van der Waals surface area contributed by atoms with Gasteiger partial charge < -0.3 is 48.5 Å². The first-order valence-electron chi connectivity index (χ1n) is 14.7. The van der Waals surface area contributed by atoms with Gasteiger partial charge in [-0.05, 0) is 0 Å². The number of methoxy groups -OCH3 is 2.